The number of hydrogen-bond acceptors (Lipinski definition) is 7. The van der Waals surface area contributed by atoms with E-state index >= 15 is 0 Å². The largest absolute Gasteiger partial charge is 0.508 e. The summed E-state index contributed by atoms with van der Waals surface area (Å²) in [5.41, 5.74) is 8.73. The maximum absolute atomic E-state index is 13.6. The van der Waals surface area contributed by atoms with Gasteiger partial charge in [-0.1, -0.05) is 44.2 Å². The summed E-state index contributed by atoms with van der Waals surface area (Å²) in [5.74, 6) is -2.31. The molecule has 3 rings (SSSR count). The number of amides is 3. The first-order valence-electron chi connectivity index (χ1n) is 14.2. The van der Waals surface area contributed by atoms with Crippen molar-refractivity contribution in [1.29, 1.82) is 0 Å². The number of nitrogens with one attached hydrogen (secondary N) is 4. The number of nitrogens with two attached hydrogens (primary N) is 1. The number of aromatic nitrogens is 1. The lowest BCUT2D eigenvalue weighted by Crippen LogP contribution is -2.58. The zero-order chi connectivity index (χ0) is 31.5. The molecule has 43 heavy (non-hydrogen) atoms. The molecule has 8 N–H and O–H groups in total. The minimum atomic E-state index is -1.15. The molecular formula is C31H41N5O6S. The van der Waals surface area contributed by atoms with Crippen molar-refractivity contribution in [2.75, 3.05) is 12.0 Å². The van der Waals surface area contributed by atoms with E-state index < -0.39 is 47.9 Å². The number of benzene rings is 2. The molecular weight excluding hydrogens is 570 g/mol. The minimum absolute atomic E-state index is 0.0269. The van der Waals surface area contributed by atoms with Crippen LogP contribution in [0, 0.1) is 5.92 Å². The molecule has 3 amide bonds. The van der Waals surface area contributed by atoms with Gasteiger partial charge in [0.2, 0.25) is 17.7 Å². The van der Waals surface area contributed by atoms with Crippen molar-refractivity contribution >= 4 is 46.4 Å². The number of carbonyl (C=O) groups is 4. The number of aliphatic carboxylic acids is 1. The Kier molecular flexibility index (Phi) is 12.4. The summed E-state index contributed by atoms with van der Waals surface area (Å²) >= 11 is 1.48. The molecule has 4 atom stereocenters. The van der Waals surface area contributed by atoms with Crippen LogP contribution >= 0.6 is 11.8 Å². The van der Waals surface area contributed by atoms with Crippen LogP contribution in [0.3, 0.4) is 0 Å². The van der Waals surface area contributed by atoms with Crippen molar-refractivity contribution < 1.29 is 29.4 Å². The minimum Gasteiger partial charge on any atom is -0.508 e. The molecule has 1 aromatic heterocycles. The molecule has 232 valence electrons. The van der Waals surface area contributed by atoms with Gasteiger partial charge in [0, 0.05) is 23.5 Å². The molecule has 11 nitrogen and oxygen atoms in total. The van der Waals surface area contributed by atoms with Crippen LogP contribution in [0.5, 0.6) is 5.75 Å². The molecule has 0 saturated carbocycles. The van der Waals surface area contributed by atoms with Gasteiger partial charge in [-0.25, -0.2) is 4.79 Å². The lowest BCUT2D eigenvalue weighted by atomic mass is 10.0. The highest BCUT2D eigenvalue weighted by Gasteiger charge is 2.31. The molecule has 1 heterocycles. The Morgan fingerprint density at radius 1 is 0.884 bits per heavy atom. The summed E-state index contributed by atoms with van der Waals surface area (Å²) in [6, 6.07) is 9.70. The molecule has 3 aromatic rings. The van der Waals surface area contributed by atoms with Gasteiger partial charge in [-0.2, -0.15) is 11.8 Å². The van der Waals surface area contributed by atoms with E-state index in [4.69, 9.17) is 5.73 Å². The Morgan fingerprint density at radius 3 is 2.16 bits per heavy atom. The molecule has 0 spiro atoms. The van der Waals surface area contributed by atoms with Crippen molar-refractivity contribution in [3.05, 3.63) is 65.9 Å². The number of H-pyrrole nitrogens is 1. The second kappa shape index (κ2) is 16.0. The summed E-state index contributed by atoms with van der Waals surface area (Å²) in [6.45, 7) is 3.71. The van der Waals surface area contributed by atoms with Gasteiger partial charge in [0.25, 0.3) is 0 Å². The lowest BCUT2D eigenvalue weighted by Gasteiger charge is -2.25. The smallest absolute Gasteiger partial charge is 0.326 e. The zero-order valence-corrected chi connectivity index (χ0v) is 25.4. The number of phenolic OH excluding ortho intramolecular Hbond substituents is 1. The summed E-state index contributed by atoms with van der Waals surface area (Å²) < 4.78 is 0. The number of carboxylic acid groups (broad SMARTS) is 1. The number of carboxylic acids is 1. The third-order valence-corrected chi connectivity index (χ3v) is 7.67. The molecule has 0 bridgehead atoms. The number of hydrogen-bond donors (Lipinski definition) is 7. The number of para-hydroxylation sites is 1. The maximum atomic E-state index is 13.6. The maximum Gasteiger partial charge on any atom is 0.326 e. The van der Waals surface area contributed by atoms with Crippen molar-refractivity contribution in [3.63, 3.8) is 0 Å². The number of fused-ring (bicyclic) bond motifs is 1. The van der Waals surface area contributed by atoms with E-state index in [1.807, 2.05) is 44.4 Å². The van der Waals surface area contributed by atoms with Crippen LogP contribution in [0.15, 0.2) is 54.7 Å². The van der Waals surface area contributed by atoms with Crippen LogP contribution in [0.2, 0.25) is 0 Å². The predicted molar refractivity (Wildman–Crippen MR) is 168 cm³/mol. The molecule has 0 aliphatic heterocycles. The van der Waals surface area contributed by atoms with Crippen molar-refractivity contribution in [2.45, 2.75) is 63.7 Å². The Balaban J connectivity index is 1.78. The molecule has 0 aliphatic carbocycles. The Morgan fingerprint density at radius 2 is 1.51 bits per heavy atom. The second-order valence-corrected chi connectivity index (χ2v) is 12.0. The van der Waals surface area contributed by atoms with Crippen LogP contribution in [-0.4, -0.2) is 75.1 Å². The zero-order valence-electron chi connectivity index (χ0n) is 24.6. The van der Waals surface area contributed by atoms with E-state index in [0.29, 0.717) is 11.3 Å². The number of thioether (sulfide) groups is 1. The predicted octanol–water partition coefficient (Wildman–Crippen LogP) is 2.32. The highest BCUT2D eigenvalue weighted by molar-refractivity contribution is 7.98. The van der Waals surface area contributed by atoms with E-state index in [0.717, 1.165) is 16.5 Å². The Bertz CT molecular complexity index is 1390. The van der Waals surface area contributed by atoms with Crippen LogP contribution < -0.4 is 21.7 Å². The van der Waals surface area contributed by atoms with E-state index in [1.165, 1.54) is 23.9 Å². The van der Waals surface area contributed by atoms with Gasteiger partial charge in [0.05, 0.1) is 6.04 Å². The number of aromatic amines is 1. The number of carbonyl (C=O) groups excluding carboxylic acids is 3. The lowest BCUT2D eigenvalue weighted by molar-refractivity contribution is -0.142. The summed E-state index contributed by atoms with van der Waals surface area (Å²) in [4.78, 5) is 55.0. The monoisotopic (exact) mass is 611 g/mol. The molecule has 0 aliphatic rings. The molecule has 0 radical (unpaired) electrons. The molecule has 0 fully saturated rings. The third kappa shape index (κ3) is 10.0. The quantitative estimate of drug-likeness (QED) is 0.129. The summed E-state index contributed by atoms with van der Waals surface area (Å²) in [5, 5.41) is 28.3. The Labute approximate surface area is 255 Å². The van der Waals surface area contributed by atoms with Gasteiger partial charge in [-0.15, -0.1) is 0 Å². The number of phenols is 1. The van der Waals surface area contributed by atoms with Crippen molar-refractivity contribution in [3.8, 4) is 5.75 Å². The fraction of sp³-hybridized carbons (Fsp3) is 0.419. The van der Waals surface area contributed by atoms with Gasteiger partial charge in [-0.05, 0) is 66.5 Å². The topological polar surface area (TPSA) is 187 Å². The average molecular weight is 612 g/mol. The van der Waals surface area contributed by atoms with Crippen molar-refractivity contribution in [2.24, 2.45) is 11.7 Å². The summed E-state index contributed by atoms with van der Waals surface area (Å²) in [6.07, 6.45) is 4.45. The third-order valence-electron chi connectivity index (χ3n) is 7.03. The van der Waals surface area contributed by atoms with E-state index in [1.54, 1.807) is 18.3 Å². The molecule has 4 unspecified atom stereocenters. The normalized spacial score (nSPS) is 14.1. The van der Waals surface area contributed by atoms with Gasteiger partial charge >= 0.3 is 5.97 Å². The van der Waals surface area contributed by atoms with Gasteiger partial charge in [-0.3, -0.25) is 14.4 Å². The van der Waals surface area contributed by atoms with E-state index in [9.17, 15) is 29.4 Å². The summed E-state index contributed by atoms with van der Waals surface area (Å²) in [7, 11) is 0. The van der Waals surface area contributed by atoms with E-state index in [2.05, 4.69) is 20.9 Å². The van der Waals surface area contributed by atoms with Crippen LogP contribution in [-0.2, 0) is 32.0 Å². The van der Waals surface area contributed by atoms with Crippen LogP contribution in [0.4, 0.5) is 0 Å². The average Bonchev–Trinajstić information content (AvgIpc) is 3.37. The molecule has 12 heteroatoms. The first kappa shape index (κ1) is 33.5. The molecule has 0 saturated heterocycles. The van der Waals surface area contributed by atoms with Crippen molar-refractivity contribution in [1.82, 2.24) is 20.9 Å². The van der Waals surface area contributed by atoms with Gasteiger partial charge in [0.1, 0.15) is 23.9 Å². The SMILES string of the molecule is CSCCC(NC(=O)C(Cc1ccc(O)cc1)NC(=O)C(N)Cc1c[nH]c2ccccc12)C(=O)NC(CC(C)C)C(=O)O. The fourth-order valence-electron chi connectivity index (χ4n) is 4.73. The van der Waals surface area contributed by atoms with E-state index in [-0.39, 0.29) is 37.4 Å². The van der Waals surface area contributed by atoms with Gasteiger partial charge in [0.15, 0.2) is 0 Å². The number of rotatable bonds is 16. The number of aromatic hydroxyl groups is 1. The highest BCUT2D eigenvalue weighted by Crippen LogP contribution is 2.19. The first-order chi connectivity index (χ1) is 20.5. The fourth-order valence-corrected chi connectivity index (χ4v) is 5.20. The van der Waals surface area contributed by atoms with Crippen LogP contribution in [0.1, 0.15) is 37.8 Å². The Hall–Kier alpha value is -4.03. The molecule has 2 aromatic carbocycles. The second-order valence-electron chi connectivity index (χ2n) is 11.0. The standard InChI is InChI=1S/C31H41N5O6S/c1-18(2)14-27(31(41)42)36-29(39)25(12-13-43-3)34-30(40)26(15-19-8-10-21(37)11-9-19)35-28(38)23(32)16-20-17-33-24-7-5-4-6-22(20)24/h4-11,17-18,23,25-27,33,37H,12-16,32H2,1-3H3,(H,34,40)(H,35,38)(H,36,39)(H,41,42). The van der Waals surface area contributed by atoms with Gasteiger partial charge < -0.3 is 36.9 Å². The first-order valence-corrected chi connectivity index (χ1v) is 15.6. The van der Waals surface area contributed by atoms with Crippen LogP contribution in [0.25, 0.3) is 10.9 Å². The highest BCUT2D eigenvalue weighted by atomic mass is 32.2.